The minimum atomic E-state index is 0.0180. The monoisotopic (exact) mass is 334 g/mol. The minimum absolute atomic E-state index is 0.0180. The number of hydrogen-bond donors (Lipinski definition) is 0. The second-order valence-corrected chi connectivity index (χ2v) is 10.2. The zero-order chi connectivity index (χ0) is 16.4. The molecule has 0 radical (unpaired) electrons. The van der Waals surface area contributed by atoms with E-state index in [0.29, 0.717) is 23.4 Å². The van der Waals surface area contributed by atoms with E-state index in [1.54, 1.807) is 11.1 Å². The van der Waals surface area contributed by atoms with Crippen molar-refractivity contribution in [1.29, 1.82) is 0 Å². The van der Waals surface area contributed by atoms with Crippen LogP contribution in [0.15, 0.2) is 22.3 Å². The number of hydrogen-bond acceptors (Lipinski definition) is 2. The maximum atomic E-state index is 13.4. The molecule has 4 bridgehead atoms. The first-order valence-corrected chi connectivity index (χ1v) is 10.8. The molecule has 0 heterocycles. The molecule has 130 valence electrons. The van der Waals surface area contributed by atoms with Crippen molar-refractivity contribution in [2.24, 2.45) is 47.3 Å². The molecule has 3 fully saturated rings. The fraction of sp³-hybridized carbons (Fsp3) is 0.739. The Morgan fingerprint density at radius 3 is 1.48 bits per heavy atom. The van der Waals surface area contributed by atoms with Crippen molar-refractivity contribution in [3.63, 3.8) is 0 Å². The summed E-state index contributed by atoms with van der Waals surface area (Å²) in [5.41, 5.74) is 5.37. The normalized spacial score (nSPS) is 52.0. The Kier molecular flexibility index (Phi) is 2.44. The van der Waals surface area contributed by atoms with E-state index in [2.05, 4.69) is 0 Å². The van der Waals surface area contributed by atoms with Crippen LogP contribution in [0.1, 0.15) is 57.8 Å². The van der Waals surface area contributed by atoms with E-state index in [4.69, 9.17) is 0 Å². The van der Waals surface area contributed by atoms with Crippen LogP contribution >= 0.6 is 0 Å². The number of ketones is 2. The van der Waals surface area contributed by atoms with E-state index in [-0.39, 0.29) is 11.8 Å². The summed E-state index contributed by atoms with van der Waals surface area (Å²) in [4.78, 5) is 26.9. The van der Waals surface area contributed by atoms with Gasteiger partial charge < -0.3 is 0 Å². The van der Waals surface area contributed by atoms with Gasteiger partial charge in [0.05, 0.1) is 0 Å². The van der Waals surface area contributed by atoms with Crippen LogP contribution in [0.4, 0.5) is 0 Å². The van der Waals surface area contributed by atoms with Gasteiger partial charge in [0.15, 0.2) is 11.6 Å². The van der Waals surface area contributed by atoms with Gasteiger partial charge in [0, 0.05) is 23.0 Å². The predicted molar refractivity (Wildman–Crippen MR) is 93.5 cm³/mol. The molecule has 0 N–H and O–H groups in total. The lowest BCUT2D eigenvalue weighted by Crippen LogP contribution is -2.50. The van der Waals surface area contributed by atoms with Crippen molar-refractivity contribution in [3.05, 3.63) is 22.3 Å². The maximum absolute atomic E-state index is 13.4. The zero-order valence-electron chi connectivity index (χ0n) is 14.8. The van der Waals surface area contributed by atoms with Gasteiger partial charge >= 0.3 is 0 Å². The summed E-state index contributed by atoms with van der Waals surface area (Å²) in [5, 5.41) is 0. The third kappa shape index (κ3) is 1.48. The first kappa shape index (κ1) is 13.9. The molecule has 0 aliphatic heterocycles. The van der Waals surface area contributed by atoms with Crippen LogP contribution in [-0.2, 0) is 9.59 Å². The van der Waals surface area contributed by atoms with E-state index < -0.39 is 0 Å². The average molecular weight is 334 g/mol. The molecule has 8 rings (SSSR count). The summed E-state index contributed by atoms with van der Waals surface area (Å²) in [6.07, 6.45) is 10.8. The molecule has 2 heteroatoms. The first-order valence-electron chi connectivity index (χ1n) is 10.8. The van der Waals surface area contributed by atoms with Crippen molar-refractivity contribution in [1.82, 2.24) is 0 Å². The van der Waals surface area contributed by atoms with E-state index in [1.807, 2.05) is 0 Å². The Balaban J connectivity index is 1.30. The van der Waals surface area contributed by atoms with Crippen molar-refractivity contribution in [2.45, 2.75) is 57.8 Å². The largest absolute Gasteiger partial charge is 0.294 e. The fourth-order valence-corrected chi connectivity index (χ4v) is 8.65. The highest BCUT2D eigenvalue weighted by Gasteiger charge is 2.61. The van der Waals surface area contributed by atoms with Crippen LogP contribution in [0.2, 0.25) is 0 Å². The second-order valence-electron chi connectivity index (χ2n) is 10.2. The summed E-state index contributed by atoms with van der Waals surface area (Å²) < 4.78 is 0. The molecule has 0 aromatic heterocycles. The number of rotatable bonds is 0. The maximum Gasteiger partial charge on any atom is 0.163 e. The molecule has 4 unspecified atom stereocenters. The molecule has 25 heavy (non-hydrogen) atoms. The van der Waals surface area contributed by atoms with Crippen LogP contribution in [0.3, 0.4) is 0 Å². The molecule has 8 aliphatic rings. The van der Waals surface area contributed by atoms with Gasteiger partial charge in [0.25, 0.3) is 0 Å². The van der Waals surface area contributed by atoms with Gasteiger partial charge in [-0.05, 0) is 93.3 Å². The third-order valence-corrected chi connectivity index (χ3v) is 9.54. The number of carbonyl (C=O) groups is 2. The molecule has 0 saturated heterocycles. The number of carbonyl (C=O) groups excluding carboxylic acids is 2. The van der Waals surface area contributed by atoms with Crippen LogP contribution in [0, 0.1) is 47.3 Å². The quantitative estimate of drug-likeness (QED) is 0.621. The summed E-state index contributed by atoms with van der Waals surface area (Å²) >= 11 is 0. The van der Waals surface area contributed by atoms with Gasteiger partial charge in [-0.3, -0.25) is 9.59 Å². The highest BCUT2D eigenvalue weighted by atomic mass is 16.1. The molecule has 6 atom stereocenters. The molecule has 0 aromatic rings. The Hall–Kier alpha value is -1.18. The topological polar surface area (TPSA) is 34.1 Å². The predicted octanol–water partition coefficient (Wildman–Crippen LogP) is 4.25. The summed E-state index contributed by atoms with van der Waals surface area (Å²) in [6, 6.07) is 0. The molecule has 0 amide bonds. The van der Waals surface area contributed by atoms with Crippen LogP contribution in [0.25, 0.3) is 0 Å². The van der Waals surface area contributed by atoms with Gasteiger partial charge in [-0.1, -0.05) is 11.1 Å². The lowest BCUT2D eigenvalue weighted by Gasteiger charge is -2.53. The van der Waals surface area contributed by atoms with Crippen molar-refractivity contribution >= 4 is 11.6 Å². The lowest BCUT2D eigenvalue weighted by atomic mass is 9.50. The summed E-state index contributed by atoms with van der Waals surface area (Å²) in [7, 11) is 0. The standard InChI is InChI=1S/C23H26O2/c24-22-16-8-14-15(19-13-6-5-12(7-13)18(14)19)9-17(16)23(25)21-11-2-1-10(3-4-11)20(21)22/h10-13,16-19H,1-9H2/t10?,11?,12-,13+,16?,17?,18?,19?. The van der Waals surface area contributed by atoms with Gasteiger partial charge in [0.1, 0.15) is 0 Å². The minimum Gasteiger partial charge on any atom is -0.294 e. The van der Waals surface area contributed by atoms with Crippen molar-refractivity contribution < 1.29 is 9.59 Å². The zero-order valence-corrected chi connectivity index (χ0v) is 14.8. The van der Waals surface area contributed by atoms with Gasteiger partial charge in [-0.25, -0.2) is 0 Å². The van der Waals surface area contributed by atoms with Gasteiger partial charge in [-0.15, -0.1) is 0 Å². The third-order valence-electron chi connectivity index (χ3n) is 9.54. The Morgan fingerprint density at radius 1 is 0.600 bits per heavy atom. The average Bonchev–Trinajstić information content (AvgIpc) is 3.21. The highest BCUT2D eigenvalue weighted by Crippen LogP contribution is 2.68. The molecule has 8 aliphatic carbocycles. The van der Waals surface area contributed by atoms with Gasteiger partial charge in [0.2, 0.25) is 0 Å². The second kappa shape index (κ2) is 4.38. The van der Waals surface area contributed by atoms with Crippen LogP contribution in [0.5, 0.6) is 0 Å². The van der Waals surface area contributed by atoms with Gasteiger partial charge in [-0.2, -0.15) is 0 Å². The van der Waals surface area contributed by atoms with Crippen LogP contribution < -0.4 is 0 Å². The first-order chi connectivity index (χ1) is 12.2. The number of fused-ring (bicyclic) bond motifs is 10. The summed E-state index contributed by atoms with van der Waals surface area (Å²) in [5.74, 6) is 5.16. The molecule has 0 aromatic carbocycles. The van der Waals surface area contributed by atoms with E-state index in [1.165, 1.54) is 19.3 Å². The van der Waals surface area contributed by atoms with Crippen LogP contribution in [-0.4, -0.2) is 11.6 Å². The Labute approximate surface area is 149 Å². The van der Waals surface area contributed by atoms with E-state index >= 15 is 0 Å². The van der Waals surface area contributed by atoms with Crippen molar-refractivity contribution in [3.8, 4) is 0 Å². The molecule has 3 saturated carbocycles. The lowest BCUT2D eigenvalue weighted by molar-refractivity contribution is -0.133. The smallest absolute Gasteiger partial charge is 0.163 e. The Morgan fingerprint density at radius 2 is 1.04 bits per heavy atom. The van der Waals surface area contributed by atoms with Crippen molar-refractivity contribution in [2.75, 3.05) is 0 Å². The number of allylic oxidation sites excluding steroid dienone is 4. The van der Waals surface area contributed by atoms with E-state index in [0.717, 1.165) is 73.3 Å². The highest BCUT2D eigenvalue weighted by molar-refractivity contribution is 6.15. The Bertz CT molecular complexity index is 727. The molecular weight excluding hydrogens is 308 g/mol. The summed E-state index contributed by atoms with van der Waals surface area (Å²) in [6.45, 7) is 0. The molecule has 2 nitrogen and oxygen atoms in total. The SMILES string of the molecule is O=C1C2=C(C(=O)C3CC4=C(CC13)C1C4[C@H]3CC[C@@H]1C3)C1CCC2CC1. The molecule has 0 spiro atoms. The fourth-order valence-electron chi connectivity index (χ4n) is 8.65. The number of Topliss-reactive ketones (excluding diaryl/α,β-unsaturated/α-hetero) is 2. The van der Waals surface area contributed by atoms with E-state index in [9.17, 15) is 9.59 Å². The molecular formula is C23H26O2.